The zero-order chi connectivity index (χ0) is 18.4. The zero-order valence-electron chi connectivity index (χ0n) is 13.9. The lowest BCUT2D eigenvalue weighted by molar-refractivity contribution is -0.114. The first-order valence-corrected chi connectivity index (χ1v) is 10.9. The predicted molar refractivity (Wildman–Crippen MR) is 95.0 cm³/mol. The lowest BCUT2D eigenvalue weighted by Gasteiger charge is -2.23. The Bertz CT molecular complexity index is 775. The van der Waals surface area contributed by atoms with Gasteiger partial charge < -0.3 is 5.32 Å². The van der Waals surface area contributed by atoms with E-state index in [9.17, 15) is 21.6 Å². The van der Waals surface area contributed by atoms with Crippen molar-refractivity contribution in [3.05, 3.63) is 24.3 Å². The molecule has 1 amide bonds. The van der Waals surface area contributed by atoms with E-state index < -0.39 is 20.0 Å². The molecule has 0 heterocycles. The smallest absolute Gasteiger partial charge is 0.232 e. The number of rotatable bonds is 9. The summed E-state index contributed by atoms with van der Waals surface area (Å²) in [5.74, 6) is -0.283. The van der Waals surface area contributed by atoms with Gasteiger partial charge in [-0.15, -0.1) is 0 Å². The van der Waals surface area contributed by atoms with Gasteiger partial charge in [-0.3, -0.25) is 9.10 Å². The molecule has 0 radical (unpaired) electrons. The number of carbonyl (C=O) groups is 1. The van der Waals surface area contributed by atoms with Crippen LogP contribution < -0.4 is 14.3 Å². The molecule has 0 aliphatic heterocycles. The van der Waals surface area contributed by atoms with Gasteiger partial charge in [-0.25, -0.2) is 21.6 Å². The van der Waals surface area contributed by atoms with E-state index in [4.69, 9.17) is 0 Å². The van der Waals surface area contributed by atoms with Gasteiger partial charge in [0.05, 0.1) is 17.7 Å². The Morgan fingerprint density at radius 2 is 1.88 bits per heavy atom. The molecule has 0 fully saturated rings. The van der Waals surface area contributed by atoms with Crippen LogP contribution in [0.1, 0.15) is 20.3 Å². The third-order valence-corrected chi connectivity index (χ3v) is 5.75. The van der Waals surface area contributed by atoms with Crippen LogP contribution in [0.4, 0.5) is 11.4 Å². The summed E-state index contributed by atoms with van der Waals surface area (Å²) in [5, 5.41) is 2.58. The summed E-state index contributed by atoms with van der Waals surface area (Å²) in [6.07, 6.45) is 1.52. The van der Waals surface area contributed by atoms with E-state index >= 15 is 0 Å². The molecule has 2 N–H and O–H groups in total. The first-order valence-electron chi connectivity index (χ1n) is 7.38. The minimum Gasteiger partial charge on any atom is -0.326 e. The number of anilines is 2. The van der Waals surface area contributed by atoms with Crippen LogP contribution in [0.5, 0.6) is 0 Å². The van der Waals surface area contributed by atoms with E-state index in [0.717, 1.165) is 10.6 Å². The second-order valence-corrected chi connectivity index (χ2v) is 9.11. The van der Waals surface area contributed by atoms with E-state index in [1.54, 1.807) is 25.1 Å². The number of nitrogens with zero attached hydrogens (tertiary/aromatic N) is 1. The first-order chi connectivity index (χ1) is 11.0. The Kier molecular flexibility index (Phi) is 7.18. The van der Waals surface area contributed by atoms with Crippen molar-refractivity contribution in [2.45, 2.75) is 20.3 Å². The van der Waals surface area contributed by atoms with Crippen LogP contribution in [-0.2, 0) is 24.8 Å². The zero-order valence-corrected chi connectivity index (χ0v) is 15.6. The molecule has 0 aromatic heterocycles. The second kappa shape index (κ2) is 8.45. The molecule has 1 aromatic rings. The van der Waals surface area contributed by atoms with E-state index in [0.29, 0.717) is 17.8 Å². The predicted octanol–water partition coefficient (Wildman–Crippen LogP) is 0.740. The van der Waals surface area contributed by atoms with Crippen molar-refractivity contribution >= 4 is 37.3 Å². The summed E-state index contributed by atoms with van der Waals surface area (Å²) in [6, 6.07) is 6.34. The SMILES string of the molecule is CCCS(=O)(=O)NCCN(c1cccc(NC(C)=O)c1)S(C)(=O)=O. The van der Waals surface area contributed by atoms with Gasteiger partial charge in [0.25, 0.3) is 0 Å². The average molecular weight is 377 g/mol. The highest BCUT2D eigenvalue weighted by atomic mass is 32.2. The van der Waals surface area contributed by atoms with Crippen molar-refractivity contribution in [1.29, 1.82) is 0 Å². The number of nitrogens with one attached hydrogen (secondary N) is 2. The molecule has 10 heteroatoms. The molecule has 0 atom stereocenters. The Labute approximate surface area is 143 Å². The van der Waals surface area contributed by atoms with E-state index in [1.807, 2.05) is 0 Å². The highest BCUT2D eigenvalue weighted by Gasteiger charge is 2.18. The maximum absolute atomic E-state index is 12.0. The summed E-state index contributed by atoms with van der Waals surface area (Å²) in [4.78, 5) is 11.1. The highest BCUT2D eigenvalue weighted by molar-refractivity contribution is 7.92. The van der Waals surface area contributed by atoms with E-state index in [-0.39, 0.29) is 24.7 Å². The molecule has 0 spiro atoms. The summed E-state index contributed by atoms with van der Waals surface area (Å²) >= 11 is 0. The lowest BCUT2D eigenvalue weighted by Crippen LogP contribution is -2.38. The number of hydrogen-bond acceptors (Lipinski definition) is 5. The molecular formula is C14H23N3O5S2. The Morgan fingerprint density at radius 3 is 2.42 bits per heavy atom. The van der Waals surface area contributed by atoms with Crippen molar-refractivity contribution < 1.29 is 21.6 Å². The highest BCUT2D eigenvalue weighted by Crippen LogP contribution is 2.21. The molecule has 1 rings (SSSR count). The molecule has 1 aromatic carbocycles. The van der Waals surface area contributed by atoms with Crippen molar-refractivity contribution in [3.8, 4) is 0 Å². The first kappa shape index (κ1) is 20.4. The Hall–Kier alpha value is -1.65. The van der Waals surface area contributed by atoms with Gasteiger partial charge in [0.2, 0.25) is 26.0 Å². The van der Waals surface area contributed by atoms with Gasteiger partial charge in [0, 0.05) is 25.7 Å². The van der Waals surface area contributed by atoms with E-state index in [2.05, 4.69) is 10.0 Å². The minimum absolute atomic E-state index is 0.0100. The average Bonchev–Trinajstić information content (AvgIpc) is 2.41. The van der Waals surface area contributed by atoms with Crippen LogP contribution in [0.3, 0.4) is 0 Å². The van der Waals surface area contributed by atoms with Gasteiger partial charge in [0.15, 0.2) is 0 Å². The van der Waals surface area contributed by atoms with Crippen molar-refractivity contribution in [1.82, 2.24) is 4.72 Å². The third-order valence-electron chi connectivity index (χ3n) is 2.96. The van der Waals surface area contributed by atoms with Crippen LogP contribution in [-0.4, -0.2) is 47.8 Å². The molecule has 0 saturated heterocycles. The number of sulfonamides is 2. The quantitative estimate of drug-likeness (QED) is 0.659. The Balaban J connectivity index is 2.93. The van der Waals surface area contributed by atoms with Gasteiger partial charge >= 0.3 is 0 Å². The fraction of sp³-hybridized carbons (Fsp3) is 0.500. The third kappa shape index (κ3) is 6.85. The topological polar surface area (TPSA) is 113 Å². The van der Waals surface area contributed by atoms with Crippen molar-refractivity contribution in [2.24, 2.45) is 0 Å². The van der Waals surface area contributed by atoms with Gasteiger partial charge in [-0.2, -0.15) is 0 Å². The summed E-state index contributed by atoms with van der Waals surface area (Å²) in [5.41, 5.74) is 0.804. The summed E-state index contributed by atoms with van der Waals surface area (Å²) < 4.78 is 50.8. The summed E-state index contributed by atoms with van der Waals surface area (Å²) in [6.45, 7) is 3.00. The van der Waals surface area contributed by atoms with Gasteiger partial charge in [-0.1, -0.05) is 13.0 Å². The normalized spacial score (nSPS) is 12.0. The van der Waals surface area contributed by atoms with Crippen LogP contribution >= 0.6 is 0 Å². The molecule has 8 nitrogen and oxygen atoms in total. The minimum atomic E-state index is -3.61. The maximum Gasteiger partial charge on any atom is 0.232 e. The lowest BCUT2D eigenvalue weighted by atomic mass is 10.2. The largest absolute Gasteiger partial charge is 0.326 e. The van der Waals surface area contributed by atoms with Crippen molar-refractivity contribution in [2.75, 3.05) is 34.7 Å². The fourth-order valence-corrected chi connectivity index (χ4v) is 4.08. The second-order valence-electron chi connectivity index (χ2n) is 5.28. The molecule has 136 valence electrons. The van der Waals surface area contributed by atoms with Crippen molar-refractivity contribution in [3.63, 3.8) is 0 Å². The number of hydrogen-bond donors (Lipinski definition) is 2. The molecule has 0 bridgehead atoms. The number of benzene rings is 1. The van der Waals surface area contributed by atoms with Crippen LogP contribution in [0.15, 0.2) is 24.3 Å². The number of carbonyl (C=O) groups excluding carboxylic acids is 1. The number of amides is 1. The Morgan fingerprint density at radius 1 is 1.21 bits per heavy atom. The maximum atomic E-state index is 12.0. The van der Waals surface area contributed by atoms with Crippen LogP contribution in [0.2, 0.25) is 0 Å². The standard InChI is InChI=1S/C14H23N3O5S2/c1-4-10-24(21,22)15-8-9-17(23(3,19)20)14-7-5-6-13(11-14)16-12(2)18/h5-7,11,15H,4,8-10H2,1-3H3,(H,16,18). The molecule has 0 aliphatic carbocycles. The fourth-order valence-electron chi connectivity index (χ4n) is 2.07. The molecular weight excluding hydrogens is 354 g/mol. The summed E-state index contributed by atoms with van der Waals surface area (Å²) in [7, 11) is -7.01. The van der Waals surface area contributed by atoms with Gasteiger partial charge in [0.1, 0.15) is 0 Å². The molecule has 24 heavy (non-hydrogen) atoms. The monoisotopic (exact) mass is 377 g/mol. The molecule has 0 saturated carbocycles. The van der Waals surface area contributed by atoms with Gasteiger partial charge in [-0.05, 0) is 24.6 Å². The van der Waals surface area contributed by atoms with Crippen LogP contribution in [0.25, 0.3) is 0 Å². The molecule has 0 aliphatic rings. The molecule has 0 unspecified atom stereocenters. The van der Waals surface area contributed by atoms with E-state index in [1.165, 1.54) is 13.0 Å². The van der Waals surface area contributed by atoms with Crippen LogP contribution in [0, 0.1) is 0 Å².